The molecule has 0 rings (SSSR count). The van der Waals surface area contributed by atoms with E-state index in [1.54, 1.807) is 13.8 Å². The lowest BCUT2D eigenvalue weighted by Crippen LogP contribution is -2.45. The number of amides is 1. The molecule has 1 unspecified atom stereocenters. The number of alkyl halides is 3. The lowest BCUT2D eigenvalue weighted by Gasteiger charge is -2.30. The van der Waals surface area contributed by atoms with Gasteiger partial charge in [-0.15, -0.1) is 0 Å². The second-order valence-electron chi connectivity index (χ2n) is 6.46. The molecule has 0 saturated carbocycles. The summed E-state index contributed by atoms with van der Waals surface area (Å²) in [5, 5.41) is 0. The van der Waals surface area contributed by atoms with E-state index in [1.807, 2.05) is 20.8 Å². The molecule has 0 aliphatic heterocycles. The van der Waals surface area contributed by atoms with Crippen molar-refractivity contribution in [2.45, 2.75) is 65.7 Å². The number of carbonyl (C=O) groups is 1. The Balaban J connectivity index is 4.58. The Morgan fingerprint density at radius 1 is 1.21 bits per heavy atom. The van der Waals surface area contributed by atoms with Crippen molar-refractivity contribution >= 4 is 5.91 Å². The van der Waals surface area contributed by atoms with Gasteiger partial charge in [0.2, 0.25) is 5.91 Å². The minimum atomic E-state index is -4.38. The highest BCUT2D eigenvalue weighted by Gasteiger charge is 2.34. The number of nitrogens with zero attached hydrogens (tertiary/aromatic N) is 1. The summed E-state index contributed by atoms with van der Waals surface area (Å²) in [6.07, 6.45) is -3.84. The molecule has 0 radical (unpaired) electrons. The molecule has 0 heterocycles. The molecule has 0 bridgehead atoms. The van der Waals surface area contributed by atoms with Crippen LogP contribution in [0.15, 0.2) is 0 Å². The Bertz CT molecular complexity index is 295. The highest BCUT2D eigenvalue weighted by molar-refractivity contribution is 5.77. The molecule has 2 N–H and O–H groups in total. The van der Waals surface area contributed by atoms with Crippen LogP contribution < -0.4 is 5.73 Å². The Morgan fingerprint density at radius 2 is 1.68 bits per heavy atom. The van der Waals surface area contributed by atoms with Crippen molar-refractivity contribution in [1.82, 2.24) is 4.90 Å². The maximum Gasteiger partial charge on any atom is 0.406 e. The highest BCUT2D eigenvalue weighted by atomic mass is 19.4. The Kier molecular flexibility index (Phi) is 6.32. The zero-order chi connectivity index (χ0) is 15.4. The van der Waals surface area contributed by atoms with E-state index in [0.29, 0.717) is 6.42 Å². The molecular formula is C13H25F3N2O. The fourth-order valence-electron chi connectivity index (χ4n) is 1.95. The van der Waals surface area contributed by atoms with Gasteiger partial charge in [0.25, 0.3) is 0 Å². The minimum absolute atomic E-state index is 0.0492. The van der Waals surface area contributed by atoms with Gasteiger partial charge in [0.05, 0.1) is 0 Å². The van der Waals surface area contributed by atoms with Crippen molar-refractivity contribution in [2.75, 3.05) is 6.54 Å². The van der Waals surface area contributed by atoms with E-state index in [4.69, 9.17) is 5.73 Å². The van der Waals surface area contributed by atoms with E-state index in [-0.39, 0.29) is 11.8 Å². The standard InChI is InChI=1S/C13H25F3N2O/c1-9(2)18(8-13(14,15)16)11(19)6-10(17)7-12(3,4)5/h9-10H,6-8,17H2,1-5H3. The van der Waals surface area contributed by atoms with Gasteiger partial charge in [0.15, 0.2) is 0 Å². The first kappa shape index (κ1) is 18.2. The molecule has 0 saturated heterocycles. The van der Waals surface area contributed by atoms with Crippen LogP contribution in [0.25, 0.3) is 0 Å². The van der Waals surface area contributed by atoms with E-state index < -0.39 is 30.7 Å². The topological polar surface area (TPSA) is 46.3 Å². The summed E-state index contributed by atoms with van der Waals surface area (Å²) in [5.41, 5.74) is 5.78. The summed E-state index contributed by atoms with van der Waals surface area (Å²) < 4.78 is 37.2. The summed E-state index contributed by atoms with van der Waals surface area (Å²) in [4.78, 5) is 12.7. The van der Waals surface area contributed by atoms with Crippen LogP contribution in [0.5, 0.6) is 0 Å². The SMILES string of the molecule is CC(C)N(CC(F)(F)F)C(=O)CC(N)CC(C)(C)C. The maximum absolute atomic E-state index is 12.4. The zero-order valence-electron chi connectivity index (χ0n) is 12.3. The van der Waals surface area contributed by atoms with Gasteiger partial charge in [0, 0.05) is 18.5 Å². The second-order valence-corrected chi connectivity index (χ2v) is 6.46. The van der Waals surface area contributed by atoms with Crippen LogP contribution in [-0.2, 0) is 4.79 Å². The number of hydrogen-bond acceptors (Lipinski definition) is 2. The Labute approximate surface area is 113 Å². The molecule has 1 atom stereocenters. The molecular weight excluding hydrogens is 257 g/mol. The largest absolute Gasteiger partial charge is 0.406 e. The molecule has 3 nitrogen and oxygen atoms in total. The fourth-order valence-corrected chi connectivity index (χ4v) is 1.95. The van der Waals surface area contributed by atoms with Crippen LogP contribution in [0.4, 0.5) is 13.2 Å². The minimum Gasteiger partial charge on any atom is -0.331 e. The fraction of sp³-hybridized carbons (Fsp3) is 0.923. The van der Waals surface area contributed by atoms with Gasteiger partial charge in [-0.3, -0.25) is 4.79 Å². The van der Waals surface area contributed by atoms with Gasteiger partial charge >= 0.3 is 6.18 Å². The summed E-state index contributed by atoms with van der Waals surface area (Å²) in [6.45, 7) is 7.86. The average molecular weight is 282 g/mol. The molecule has 19 heavy (non-hydrogen) atoms. The predicted molar refractivity (Wildman–Crippen MR) is 69.6 cm³/mol. The van der Waals surface area contributed by atoms with Crippen molar-refractivity contribution in [3.05, 3.63) is 0 Å². The molecule has 0 aliphatic carbocycles. The van der Waals surface area contributed by atoms with Crippen molar-refractivity contribution in [1.29, 1.82) is 0 Å². The van der Waals surface area contributed by atoms with E-state index in [0.717, 1.165) is 4.90 Å². The quantitative estimate of drug-likeness (QED) is 0.842. The first-order chi connectivity index (χ1) is 8.32. The number of nitrogens with two attached hydrogens (primary N) is 1. The molecule has 0 aromatic heterocycles. The maximum atomic E-state index is 12.4. The van der Waals surface area contributed by atoms with Crippen molar-refractivity contribution < 1.29 is 18.0 Å². The molecule has 0 fully saturated rings. The van der Waals surface area contributed by atoms with Crippen molar-refractivity contribution in [2.24, 2.45) is 11.1 Å². The number of carbonyl (C=O) groups excluding carboxylic acids is 1. The van der Waals surface area contributed by atoms with Crippen LogP contribution >= 0.6 is 0 Å². The van der Waals surface area contributed by atoms with Crippen molar-refractivity contribution in [3.63, 3.8) is 0 Å². The summed E-state index contributed by atoms with van der Waals surface area (Å²) >= 11 is 0. The van der Waals surface area contributed by atoms with E-state index in [1.165, 1.54) is 0 Å². The molecule has 0 aliphatic rings. The van der Waals surface area contributed by atoms with E-state index in [2.05, 4.69) is 0 Å². The van der Waals surface area contributed by atoms with Crippen molar-refractivity contribution in [3.8, 4) is 0 Å². The monoisotopic (exact) mass is 282 g/mol. The molecule has 1 amide bonds. The van der Waals surface area contributed by atoms with Gasteiger partial charge in [-0.05, 0) is 25.7 Å². The third-order valence-corrected chi connectivity index (χ3v) is 2.60. The molecule has 0 aromatic rings. The van der Waals surface area contributed by atoms with Crippen LogP contribution in [0.1, 0.15) is 47.5 Å². The summed E-state index contributed by atoms with van der Waals surface area (Å²) in [6, 6.07) is -0.905. The average Bonchev–Trinajstić information content (AvgIpc) is 2.08. The van der Waals surface area contributed by atoms with Gasteiger partial charge in [-0.2, -0.15) is 13.2 Å². The lowest BCUT2D eigenvalue weighted by molar-refractivity contribution is -0.164. The molecule has 114 valence electrons. The van der Waals surface area contributed by atoms with Gasteiger partial charge in [-0.1, -0.05) is 20.8 Å². The molecule has 0 spiro atoms. The van der Waals surface area contributed by atoms with Gasteiger partial charge in [-0.25, -0.2) is 0 Å². The van der Waals surface area contributed by atoms with Crippen LogP contribution in [0, 0.1) is 5.41 Å². The predicted octanol–water partition coefficient (Wildman–Crippen LogP) is 2.94. The summed E-state index contributed by atoms with van der Waals surface area (Å²) in [5.74, 6) is -0.538. The van der Waals surface area contributed by atoms with Crippen LogP contribution in [-0.4, -0.2) is 35.6 Å². The normalized spacial score (nSPS) is 14.6. The van der Waals surface area contributed by atoms with Gasteiger partial charge < -0.3 is 10.6 Å². The zero-order valence-corrected chi connectivity index (χ0v) is 12.3. The lowest BCUT2D eigenvalue weighted by atomic mass is 9.87. The highest BCUT2D eigenvalue weighted by Crippen LogP contribution is 2.23. The number of rotatable bonds is 5. The number of hydrogen-bond donors (Lipinski definition) is 1. The van der Waals surface area contributed by atoms with E-state index >= 15 is 0 Å². The smallest absolute Gasteiger partial charge is 0.331 e. The third-order valence-electron chi connectivity index (χ3n) is 2.60. The van der Waals surface area contributed by atoms with Gasteiger partial charge in [0.1, 0.15) is 6.54 Å². The Hall–Kier alpha value is -0.780. The first-order valence-corrected chi connectivity index (χ1v) is 6.43. The summed E-state index contributed by atoms with van der Waals surface area (Å²) in [7, 11) is 0. The second kappa shape index (κ2) is 6.59. The molecule has 6 heteroatoms. The van der Waals surface area contributed by atoms with E-state index in [9.17, 15) is 18.0 Å². The number of halogens is 3. The first-order valence-electron chi connectivity index (χ1n) is 6.43. The molecule has 0 aromatic carbocycles. The Morgan fingerprint density at radius 3 is 2.00 bits per heavy atom. The third kappa shape index (κ3) is 8.86. The van der Waals surface area contributed by atoms with Crippen LogP contribution in [0.2, 0.25) is 0 Å². The van der Waals surface area contributed by atoms with Crippen LogP contribution in [0.3, 0.4) is 0 Å².